The van der Waals surface area contributed by atoms with Gasteiger partial charge in [-0.3, -0.25) is 9.59 Å². The summed E-state index contributed by atoms with van der Waals surface area (Å²) in [6.07, 6.45) is 1.62. The minimum atomic E-state index is -0.200. The number of anilines is 2. The van der Waals surface area contributed by atoms with Crippen molar-refractivity contribution >= 4 is 56.5 Å². The molecule has 2 aromatic heterocycles. The highest BCUT2D eigenvalue weighted by molar-refractivity contribution is 8.01. The number of aromatic nitrogens is 3. The summed E-state index contributed by atoms with van der Waals surface area (Å²) in [6.45, 7) is 1.40. The van der Waals surface area contributed by atoms with Gasteiger partial charge in [0.15, 0.2) is 9.47 Å². The van der Waals surface area contributed by atoms with Crippen LogP contribution < -0.4 is 10.6 Å². The number of hydrogen-bond acceptors (Lipinski definition) is 8. The third kappa shape index (κ3) is 4.58. The predicted molar refractivity (Wildman–Crippen MR) is 75.7 cm³/mol. The van der Waals surface area contributed by atoms with E-state index in [1.54, 1.807) is 11.6 Å². The maximum absolute atomic E-state index is 11.6. The third-order valence-electron chi connectivity index (χ3n) is 1.69. The van der Waals surface area contributed by atoms with E-state index in [4.69, 9.17) is 0 Å². The van der Waals surface area contributed by atoms with Gasteiger partial charge in [-0.25, -0.2) is 4.98 Å². The molecule has 0 saturated carbocycles. The lowest BCUT2D eigenvalue weighted by Crippen LogP contribution is -2.13. The fourth-order valence-corrected chi connectivity index (χ4v) is 3.18. The average Bonchev–Trinajstić information content (AvgIpc) is 2.97. The number of carbonyl (C=O) groups excluding carboxylic acids is 2. The molecule has 0 atom stereocenters. The van der Waals surface area contributed by atoms with Gasteiger partial charge in [0.1, 0.15) is 0 Å². The summed E-state index contributed by atoms with van der Waals surface area (Å²) in [6, 6.07) is 0. The Bertz CT molecular complexity index is 568. The van der Waals surface area contributed by atoms with Crippen LogP contribution in [0.2, 0.25) is 0 Å². The normalized spacial score (nSPS) is 10.2. The fraction of sp³-hybridized carbons (Fsp3) is 0.222. The second-order valence-electron chi connectivity index (χ2n) is 3.23. The Balaban J connectivity index is 1.80. The van der Waals surface area contributed by atoms with Crippen molar-refractivity contribution in [1.82, 2.24) is 15.2 Å². The number of amides is 2. The Morgan fingerprint density at radius 3 is 2.84 bits per heavy atom. The van der Waals surface area contributed by atoms with Crippen LogP contribution in [0.4, 0.5) is 10.3 Å². The van der Waals surface area contributed by atoms with Crippen LogP contribution in [0.5, 0.6) is 0 Å². The Kier molecular flexibility index (Phi) is 4.82. The van der Waals surface area contributed by atoms with E-state index in [1.807, 2.05) is 0 Å². The summed E-state index contributed by atoms with van der Waals surface area (Å²) in [5.74, 6) is -0.140. The zero-order chi connectivity index (χ0) is 13.7. The highest BCUT2D eigenvalue weighted by Gasteiger charge is 2.09. The zero-order valence-corrected chi connectivity index (χ0v) is 12.2. The standard InChI is InChI=1S/C9H9N5O2S3/c1-5(15)11-8-13-14-9(19-8)18-4-6(16)12-7-10-2-3-17-7/h2-3H,4H2,1H3,(H,10,12,16)(H,11,13,15). The van der Waals surface area contributed by atoms with Crippen molar-refractivity contribution in [3.8, 4) is 0 Å². The first-order valence-electron chi connectivity index (χ1n) is 5.07. The van der Waals surface area contributed by atoms with Gasteiger partial charge < -0.3 is 10.6 Å². The van der Waals surface area contributed by atoms with Crippen LogP contribution >= 0.6 is 34.4 Å². The molecule has 100 valence electrons. The molecule has 10 heteroatoms. The fourth-order valence-electron chi connectivity index (χ4n) is 1.04. The molecule has 0 aliphatic heterocycles. The van der Waals surface area contributed by atoms with Gasteiger partial charge in [-0.05, 0) is 0 Å². The minimum absolute atomic E-state index is 0.156. The average molecular weight is 315 g/mol. The van der Waals surface area contributed by atoms with Crippen LogP contribution in [0.15, 0.2) is 15.9 Å². The van der Waals surface area contributed by atoms with Gasteiger partial charge in [0, 0.05) is 18.5 Å². The monoisotopic (exact) mass is 315 g/mol. The molecule has 0 aliphatic rings. The van der Waals surface area contributed by atoms with Crippen molar-refractivity contribution in [2.45, 2.75) is 11.3 Å². The number of nitrogens with one attached hydrogen (secondary N) is 2. The first-order chi connectivity index (χ1) is 9.13. The van der Waals surface area contributed by atoms with Crippen molar-refractivity contribution in [2.24, 2.45) is 0 Å². The summed E-state index contributed by atoms with van der Waals surface area (Å²) >= 11 is 3.84. The lowest BCUT2D eigenvalue weighted by atomic mass is 10.7. The molecular formula is C9H9N5O2S3. The number of thioether (sulfide) groups is 1. The molecule has 0 aromatic carbocycles. The third-order valence-corrected chi connectivity index (χ3v) is 4.36. The number of carbonyl (C=O) groups is 2. The molecule has 19 heavy (non-hydrogen) atoms. The molecule has 0 saturated heterocycles. The van der Waals surface area contributed by atoms with E-state index >= 15 is 0 Å². The number of hydrogen-bond donors (Lipinski definition) is 2. The summed E-state index contributed by atoms with van der Waals surface area (Å²) in [7, 11) is 0. The van der Waals surface area contributed by atoms with Crippen molar-refractivity contribution in [3.05, 3.63) is 11.6 Å². The van der Waals surface area contributed by atoms with Gasteiger partial charge in [-0.1, -0.05) is 23.1 Å². The lowest BCUT2D eigenvalue weighted by molar-refractivity contribution is -0.114. The van der Waals surface area contributed by atoms with E-state index in [-0.39, 0.29) is 17.6 Å². The van der Waals surface area contributed by atoms with E-state index in [0.717, 1.165) is 0 Å². The van der Waals surface area contributed by atoms with Crippen LogP contribution in [0.1, 0.15) is 6.92 Å². The Labute approximate surface area is 120 Å². The number of thiazole rings is 1. The van der Waals surface area contributed by atoms with Crippen LogP contribution in [-0.2, 0) is 9.59 Å². The van der Waals surface area contributed by atoms with Crippen LogP contribution in [0.25, 0.3) is 0 Å². The van der Waals surface area contributed by atoms with Crippen LogP contribution in [0, 0.1) is 0 Å². The maximum atomic E-state index is 11.6. The quantitative estimate of drug-likeness (QED) is 0.643. The summed E-state index contributed by atoms with van der Waals surface area (Å²) in [5, 5.41) is 15.6. The Morgan fingerprint density at radius 2 is 2.16 bits per heavy atom. The van der Waals surface area contributed by atoms with Crippen molar-refractivity contribution in [1.29, 1.82) is 0 Å². The highest BCUT2D eigenvalue weighted by Crippen LogP contribution is 2.25. The van der Waals surface area contributed by atoms with Gasteiger partial charge in [0.05, 0.1) is 5.75 Å². The highest BCUT2D eigenvalue weighted by atomic mass is 32.2. The molecule has 0 bridgehead atoms. The molecule has 2 amide bonds. The number of rotatable bonds is 5. The molecule has 7 nitrogen and oxygen atoms in total. The topological polar surface area (TPSA) is 96.9 Å². The maximum Gasteiger partial charge on any atom is 0.236 e. The molecule has 2 rings (SSSR count). The Hall–Kier alpha value is -1.52. The zero-order valence-electron chi connectivity index (χ0n) is 9.74. The van der Waals surface area contributed by atoms with Crippen LogP contribution in [0.3, 0.4) is 0 Å². The summed E-state index contributed by atoms with van der Waals surface area (Å²) in [5.41, 5.74) is 0. The first kappa shape index (κ1) is 13.9. The molecule has 0 aliphatic carbocycles. The van der Waals surface area contributed by atoms with E-state index < -0.39 is 0 Å². The van der Waals surface area contributed by atoms with E-state index in [0.29, 0.717) is 14.6 Å². The van der Waals surface area contributed by atoms with Crippen molar-refractivity contribution in [3.63, 3.8) is 0 Å². The van der Waals surface area contributed by atoms with Gasteiger partial charge in [-0.15, -0.1) is 21.5 Å². The summed E-state index contributed by atoms with van der Waals surface area (Å²) < 4.78 is 0.623. The molecule has 2 aromatic rings. The predicted octanol–water partition coefficient (Wildman–Crippen LogP) is 1.68. The first-order valence-corrected chi connectivity index (χ1v) is 7.75. The molecule has 2 heterocycles. The summed E-state index contributed by atoms with van der Waals surface area (Å²) in [4.78, 5) is 26.4. The minimum Gasteiger partial charge on any atom is -0.301 e. The largest absolute Gasteiger partial charge is 0.301 e. The molecule has 0 unspecified atom stereocenters. The molecule has 0 radical (unpaired) electrons. The van der Waals surface area contributed by atoms with E-state index in [9.17, 15) is 9.59 Å². The molecular weight excluding hydrogens is 306 g/mol. The molecule has 0 fully saturated rings. The lowest BCUT2D eigenvalue weighted by Gasteiger charge is -1.98. The number of nitrogens with zero attached hydrogens (tertiary/aromatic N) is 3. The SMILES string of the molecule is CC(=O)Nc1nnc(SCC(=O)Nc2nccs2)s1. The van der Waals surface area contributed by atoms with Gasteiger partial charge in [-0.2, -0.15) is 0 Å². The second kappa shape index (κ2) is 6.59. The molecule has 2 N–H and O–H groups in total. The smallest absolute Gasteiger partial charge is 0.236 e. The van der Waals surface area contributed by atoms with Gasteiger partial charge in [0.25, 0.3) is 0 Å². The van der Waals surface area contributed by atoms with E-state index in [1.165, 1.54) is 41.4 Å². The Morgan fingerprint density at radius 1 is 1.32 bits per heavy atom. The van der Waals surface area contributed by atoms with Crippen LogP contribution in [-0.4, -0.2) is 32.7 Å². The van der Waals surface area contributed by atoms with Crippen molar-refractivity contribution < 1.29 is 9.59 Å². The van der Waals surface area contributed by atoms with E-state index in [2.05, 4.69) is 25.8 Å². The second-order valence-corrected chi connectivity index (χ2v) is 6.32. The molecule has 0 spiro atoms. The van der Waals surface area contributed by atoms with Gasteiger partial charge >= 0.3 is 0 Å². The van der Waals surface area contributed by atoms with Crippen molar-refractivity contribution in [2.75, 3.05) is 16.4 Å². The van der Waals surface area contributed by atoms with Gasteiger partial charge in [0.2, 0.25) is 16.9 Å².